The Morgan fingerprint density at radius 2 is 2.21 bits per heavy atom. The predicted molar refractivity (Wildman–Crippen MR) is 109 cm³/mol. The predicted octanol–water partition coefficient (Wildman–Crippen LogP) is 3.43. The lowest BCUT2D eigenvalue weighted by Gasteiger charge is -2.23. The van der Waals surface area contributed by atoms with Crippen molar-refractivity contribution in [2.45, 2.75) is 44.7 Å². The van der Waals surface area contributed by atoms with E-state index in [-0.39, 0.29) is 5.91 Å². The Bertz CT molecular complexity index is 1050. The molecule has 7 heteroatoms. The molecule has 0 saturated carbocycles. The molecule has 1 saturated heterocycles. The topological polar surface area (TPSA) is 79.8 Å². The molecule has 0 spiro atoms. The number of rotatable bonds is 4. The molecule has 5 rings (SSSR count). The summed E-state index contributed by atoms with van der Waals surface area (Å²) in [6.07, 6.45) is 7.75. The van der Waals surface area contributed by atoms with E-state index in [0.717, 1.165) is 35.5 Å². The smallest absolute Gasteiger partial charge is 0.258 e. The first-order chi connectivity index (χ1) is 13.6. The summed E-state index contributed by atoms with van der Waals surface area (Å²) in [5.74, 6) is 0.202. The van der Waals surface area contributed by atoms with E-state index in [4.69, 9.17) is 0 Å². The van der Waals surface area contributed by atoms with Gasteiger partial charge in [-0.3, -0.25) is 10.1 Å². The fraction of sp³-hybridized carbons (Fsp3) is 0.333. The van der Waals surface area contributed by atoms with Crippen LogP contribution in [0.5, 0.6) is 0 Å². The van der Waals surface area contributed by atoms with Gasteiger partial charge in [0.25, 0.3) is 5.91 Å². The van der Waals surface area contributed by atoms with Crippen molar-refractivity contribution in [3.63, 3.8) is 0 Å². The number of fused-ring (bicyclic) bond motifs is 4. The van der Waals surface area contributed by atoms with Crippen LogP contribution in [0, 0.1) is 6.92 Å². The lowest BCUT2D eigenvalue weighted by atomic mass is 10.0. The largest absolute Gasteiger partial charge is 0.307 e. The van der Waals surface area contributed by atoms with E-state index >= 15 is 0 Å². The number of carbonyl (C=O) groups is 1. The molecule has 2 unspecified atom stereocenters. The molecule has 3 aromatic rings. The van der Waals surface area contributed by atoms with Crippen molar-refractivity contribution in [1.82, 2.24) is 20.3 Å². The second kappa shape index (κ2) is 7.07. The number of aromatic nitrogens is 3. The van der Waals surface area contributed by atoms with Crippen LogP contribution in [0.25, 0.3) is 0 Å². The van der Waals surface area contributed by atoms with E-state index in [1.807, 2.05) is 43.6 Å². The van der Waals surface area contributed by atoms with Crippen LogP contribution in [0.4, 0.5) is 5.95 Å². The highest BCUT2D eigenvalue weighted by molar-refractivity contribution is 7.11. The fourth-order valence-corrected chi connectivity index (χ4v) is 4.91. The molecule has 142 valence electrons. The number of benzene rings is 1. The molecule has 2 N–H and O–H groups in total. The van der Waals surface area contributed by atoms with Gasteiger partial charge in [-0.05, 0) is 37.5 Å². The van der Waals surface area contributed by atoms with Gasteiger partial charge < -0.3 is 5.32 Å². The summed E-state index contributed by atoms with van der Waals surface area (Å²) in [7, 11) is 0. The van der Waals surface area contributed by atoms with Crippen LogP contribution < -0.4 is 10.6 Å². The van der Waals surface area contributed by atoms with Gasteiger partial charge in [-0.2, -0.15) is 0 Å². The van der Waals surface area contributed by atoms with Gasteiger partial charge in [0.05, 0.1) is 10.7 Å². The van der Waals surface area contributed by atoms with Crippen molar-refractivity contribution in [2.24, 2.45) is 0 Å². The van der Waals surface area contributed by atoms with Crippen LogP contribution in [0.3, 0.4) is 0 Å². The first-order valence-electron chi connectivity index (χ1n) is 9.57. The first-order valence-corrected chi connectivity index (χ1v) is 10.4. The number of hydrogen-bond donors (Lipinski definition) is 2. The summed E-state index contributed by atoms with van der Waals surface area (Å²) in [4.78, 5) is 27.2. The Hall–Kier alpha value is -2.64. The molecule has 0 aliphatic carbocycles. The third-order valence-corrected chi connectivity index (χ3v) is 6.33. The molecule has 1 aromatic carbocycles. The van der Waals surface area contributed by atoms with Gasteiger partial charge in [0.15, 0.2) is 0 Å². The first kappa shape index (κ1) is 17.5. The Labute approximate surface area is 167 Å². The van der Waals surface area contributed by atoms with E-state index in [2.05, 4.69) is 25.6 Å². The van der Waals surface area contributed by atoms with Crippen molar-refractivity contribution in [1.29, 1.82) is 0 Å². The number of thiazole rings is 1. The standard InChI is InChI=1S/C21H21N5OS/c1-12-22-10-16(28-12)8-13-3-2-4-14(7-13)20(27)26-21-23-11-17-18-6-5-15(24-18)9-19(17)25-21/h2-4,7,10-11,15,18,24H,5-6,8-9H2,1H3,(H,23,25,26,27). The highest BCUT2D eigenvalue weighted by atomic mass is 32.1. The van der Waals surface area contributed by atoms with E-state index in [1.165, 1.54) is 16.9 Å². The summed E-state index contributed by atoms with van der Waals surface area (Å²) in [5, 5.41) is 7.50. The monoisotopic (exact) mass is 391 g/mol. The van der Waals surface area contributed by atoms with Gasteiger partial charge in [-0.25, -0.2) is 15.0 Å². The summed E-state index contributed by atoms with van der Waals surface area (Å²) in [6.45, 7) is 2.00. The van der Waals surface area contributed by atoms with Crippen LogP contribution in [0.2, 0.25) is 0 Å². The number of hydrogen-bond acceptors (Lipinski definition) is 6. The van der Waals surface area contributed by atoms with Crippen molar-refractivity contribution in [2.75, 3.05) is 5.32 Å². The minimum atomic E-state index is -0.181. The molecular weight excluding hydrogens is 370 g/mol. The highest BCUT2D eigenvalue weighted by Crippen LogP contribution is 2.34. The Morgan fingerprint density at radius 3 is 3.07 bits per heavy atom. The van der Waals surface area contributed by atoms with Crippen LogP contribution in [0.1, 0.15) is 55.9 Å². The summed E-state index contributed by atoms with van der Waals surface area (Å²) >= 11 is 1.68. The fourth-order valence-electron chi connectivity index (χ4n) is 4.08. The Balaban J connectivity index is 1.32. The summed E-state index contributed by atoms with van der Waals surface area (Å²) < 4.78 is 0. The number of nitrogens with zero attached hydrogens (tertiary/aromatic N) is 3. The molecule has 2 atom stereocenters. The third-order valence-electron chi connectivity index (χ3n) is 5.42. The van der Waals surface area contributed by atoms with Crippen molar-refractivity contribution in [3.8, 4) is 0 Å². The van der Waals surface area contributed by atoms with Crippen LogP contribution in [-0.4, -0.2) is 26.9 Å². The second-order valence-electron chi connectivity index (χ2n) is 7.47. The zero-order chi connectivity index (χ0) is 19.1. The molecule has 1 amide bonds. The molecule has 28 heavy (non-hydrogen) atoms. The van der Waals surface area contributed by atoms with Crippen LogP contribution in [0.15, 0.2) is 36.7 Å². The maximum atomic E-state index is 12.7. The zero-order valence-electron chi connectivity index (χ0n) is 15.6. The van der Waals surface area contributed by atoms with Crippen molar-refractivity contribution < 1.29 is 4.79 Å². The molecule has 2 aliphatic heterocycles. The molecule has 6 nitrogen and oxygen atoms in total. The average Bonchev–Trinajstić information content (AvgIpc) is 3.28. The number of aryl methyl sites for hydroxylation is 1. The van der Waals surface area contributed by atoms with Crippen LogP contribution in [-0.2, 0) is 12.8 Å². The zero-order valence-corrected chi connectivity index (χ0v) is 16.4. The molecule has 2 aromatic heterocycles. The van der Waals surface area contributed by atoms with E-state index in [0.29, 0.717) is 23.6 Å². The minimum absolute atomic E-state index is 0.181. The average molecular weight is 392 g/mol. The van der Waals surface area contributed by atoms with E-state index in [1.54, 1.807) is 11.3 Å². The normalized spacial score (nSPS) is 20.0. The summed E-state index contributed by atoms with van der Waals surface area (Å²) in [6, 6.07) is 8.56. The molecule has 2 bridgehead atoms. The van der Waals surface area contributed by atoms with Gasteiger partial charge in [-0.1, -0.05) is 12.1 Å². The number of amides is 1. The quantitative estimate of drug-likeness (QED) is 0.712. The minimum Gasteiger partial charge on any atom is -0.307 e. The van der Waals surface area contributed by atoms with Crippen LogP contribution >= 0.6 is 11.3 Å². The number of carbonyl (C=O) groups excluding carboxylic acids is 1. The second-order valence-corrected chi connectivity index (χ2v) is 8.79. The molecule has 4 heterocycles. The van der Waals surface area contributed by atoms with Crippen molar-refractivity contribution in [3.05, 3.63) is 68.9 Å². The van der Waals surface area contributed by atoms with Gasteiger partial charge >= 0.3 is 0 Å². The number of nitrogens with one attached hydrogen (secondary N) is 2. The molecular formula is C21H21N5OS. The Kier molecular flexibility index (Phi) is 4.41. The van der Waals surface area contributed by atoms with E-state index < -0.39 is 0 Å². The van der Waals surface area contributed by atoms with E-state index in [9.17, 15) is 4.79 Å². The van der Waals surface area contributed by atoms with Gasteiger partial charge in [0.2, 0.25) is 5.95 Å². The highest BCUT2D eigenvalue weighted by Gasteiger charge is 2.33. The van der Waals surface area contributed by atoms with Gasteiger partial charge in [0.1, 0.15) is 0 Å². The lowest BCUT2D eigenvalue weighted by Crippen LogP contribution is -2.33. The Morgan fingerprint density at radius 1 is 1.29 bits per heavy atom. The maximum Gasteiger partial charge on any atom is 0.258 e. The summed E-state index contributed by atoms with van der Waals surface area (Å²) in [5.41, 5.74) is 3.94. The number of anilines is 1. The van der Waals surface area contributed by atoms with Gasteiger partial charge in [-0.15, -0.1) is 11.3 Å². The third kappa shape index (κ3) is 3.43. The molecule has 1 fully saturated rings. The SMILES string of the molecule is Cc1ncc(Cc2cccc(C(=O)Nc3ncc4c(n3)CC3CCC4N3)c2)s1. The lowest BCUT2D eigenvalue weighted by molar-refractivity contribution is 0.102. The van der Waals surface area contributed by atoms with Crippen molar-refractivity contribution >= 4 is 23.2 Å². The molecule has 2 aliphatic rings. The maximum absolute atomic E-state index is 12.7. The van der Waals surface area contributed by atoms with Gasteiger partial charge in [0, 0.05) is 53.3 Å². The molecule has 0 radical (unpaired) electrons.